The minimum Gasteiger partial charge on any atom is -0.322 e. The fourth-order valence-electron chi connectivity index (χ4n) is 2.19. The van der Waals surface area contributed by atoms with Crippen LogP contribution in [0.5, 0.6) is 0 Å². The summed E-state index contributed by atoms with van der Waals surface area (Å²) in [7, 11) is 0. The quantitative estimate of drug-likeness (QED) is 0.752. The van der Waals surface area contributed by atoms with Crippen LogP contribution in [0, 0.1) is 0 Å². The van der Waals surface area contributed by atoms with E-state index in [0.29, 0.717) is 16.8 Å². The van der Waals surface area contributed by atoms with Crippen molar-refractivity contribution in [1.29, 1.82) is 0 Å². The van der Waals surface area contributed by atoms with E-state index in [1.807, 2.05) is 22.9 Å². The van der Waals surface area contributed by atoms with Crippen LogP contribution >= 0.6 is 0 Å². The largest absolute Gasteiger partial charge is 0.322 e. The molecule has 0 spiro atoms. The lowest BCUT2D eigenvalue weighted by atomic mass is 10.1. The number of nitrogens with one attached hydrogen (secondary N) is 1. The molecule has 114 valence electrons. The summed E-state index contributed by atoms with van der Waals surface area (Å²) in [5, 5.41) is 2.81. The zero-order chi connectivity index (χ0) is 16.2. The first-order valence-corrected chi connectivity index (χ1v) is 7.14. The number of hydrogen-bond acceptors (Lipinski definition) is 3. The molecule has 23 heavy (non-hydrogen) atoms. The van der Waals surface area contributed by atoms with E-state index in [2.05, 4.69) is 10.3 Å². The molecule has 0 aliphatic rings. The molecule has 5 nitrogen and oxygen atoms in total. The first kappa shape index (κ1) is 14.7. The average molecular weight is 305 g/mol. The van der Waals surface area contributed by atoms with E-state index < -0.39 is 0 Å². The smallest absolute Gasteiger partial charge is 0.255 e. The Kier molecular flexibility index (Phi) is 4.01. The molecule has 3 rings (SSSR count). The average Bonchev–Trinajstić information content (AvgIpc) is 3.10. The van der Waals surface area contributed by atoms with E-state index in [0.717, 1.165) is 5.69 Å². The summed E-state index contributed by atoms with van der Waals surface area (Å²) in [4.78, 5) is 27.5. The maximum atomic E-state index is 12.2. The number of carbonyl (C=O) groups excluding carboxylic acids is 2. The Balaban J connectivity index is 1.71. The summed E-state index contributed by atoms with van der Waals surface area (Å²) in [6.45, 7) is 1.51. The summed E-state index contributed by atoms with van der Waals surface area (Å²) < 4.78 is 1.86. The second kappa shape index (κ2) is 6.27. The van der Waals surface area contributed by atoms with Gasteiger partial charge in [0.1, 0.15) is 0 Å². The highest BCUT2D eigenvalue weighted by atomic mass is 16.1. The molecule has 1 heterocycles. The van der Waals surface area contributed by atoms with E-state index in [-0.39, 0.29) is 11.7 Å². The number of Topliss-reactive ketones (excluding diaryl/α,β-unsaturated/α-hetero) is 1. The highest BCUT2D eigenvalue weighted by Crippen LogP contribution is 2.13. The predicted octanol–water partition coefficient (Wildman–Crippen LogP) is 3.33. The summed E-state index contributed by atoms with van der Waals surface area (Å²) in [6, 6.07) is 14.1. The van der Waals surface area contributed by atoms with Crippen molar-refractivity contribution >= 4 is 17.4 Å². The molecule has 0 saturated heterocycles. The zero-order valence-electron chi connectivity index (χ0n) is 12.6. The number of hydrogen-bond donors (Lipinski definition) is 1. The van der Waals surface area contributed by atoms with Gasteiger partial charge in [-0.25, -0.2) is 4.98 Å². The second-order valence-corrected chi connectivity index (χ2v) is 5.10. The summed E-state index contributed by atoms with van der Waals surface area (Å²) >= 11 is 0. The highest BCUT2D eigenvalue weighted by Gasteiger charge is 2.07. The Morgan fingerprint density at radius 1 is 0.957 bits per heavy atom. The van der Waals surface area contributed by atoms with Crippen LogP contribution in [0.25, 0.3) is 5.69 Å². The van der Waals surface area contributed by atoms with Gasteiger partial charge in [-0.2, -0.15) is 0 Å². The van der Waals surface area contributed by atoms with Gasteiger partial charge in [0.05, 0.1) is 6.33 Å². The molecule has 0 unspecified atom stereocenters. The van der Waals surface area contributed by atoms with Gasteiger partial charge < -0.3 is 9.88 Å². The SMILES string of the molecule is CC(=O)c1ccc(NC(=O)c2ccc(-n3ccnc3)cc2)cc1. The Hall–Kier alpha value is -3.21. The molecule has 0 aliphatic carbocycles. The van der Waals surface area contributed by atoms with Gasteiger partial charge >= 0.3 is 0 Å². The van der Waals surface area contributed by atoms with E-state index in [1.54, 1.807) is 48.9 Å². The lowest BCUT2D eigenvalue weighted by molar-refractivity contribution is 0.101. The van der Waals surface area contributed by atoms with Crippen LogP contribution < -0.4 is 5.32 Å². The van der Waals surface area contributed by atoms with Crippen LogP contribution in [0.4, 0.5) is 5.69 Å². The molecule has 1 N–H and O–H groups in total. The topological polar surface area (TPSA) is 64.0 Å². The molecule has 0 saturated carbocycles. The van der Waals surface area contributed by atoms with E-state index >= 15 is 0 Å². The third-order valence-electron chi connectivity index (χ3n) is 3.48. The van der Waals surface area contributed by atoms with Crippen molar-refractivity contribution in [3.63, 3.8) is 0 Å². The molecular formula is C18H15N3O2. The molecule has 1 amide bonds. The van der Waals surface area contributed by atoms with Gasteiger partial charge in [-0.05, 0) is 55.5 Å². The number of ketones is 1. The van der Waals surface area contributed by atoms with Crippen molar-refractivity contribution in [2.45, 2.75) is 6.92 Å². The third kappa shape index (κ3) is 3.35. The normalized spacial score (nSPS) is 10.3. The summed E-state index contributed by atoms with van der Waals surface area (Å²) in [5.41, 5.74) is 2.76. The van der Waals surface area contributed by atoms with E-state index in [9.17, 15) is 9.59 Å². The molecule has 0 radical (unpaired) electrons. The summed E-state index contributed by atoms with van der Waals surface area (Å²) in [5.74, 6) is -0.198. The number of rotatable bonds is 4. The van der Waals surface area contributed by atoms with Crippen molar-refractivity contribution in [3.05, 3.63) is 78.4 Å². The van der Waals surface area contributed by atoms with Crippen molar-refractivity contribution in [1.82, 2.24) is 9.55 Å². The fraction of sp³-hybridized carbons (Fsp3) is 0.0556. The van der Waals surface area contributed by atoms with Crippen LogP contribution in [0.1, 0.15) is 27.6 Å². The molecule has 1 aromatic heterocycles. The number of imidazole rings is 1. The molecule has 0 aliphatic heterocycles. The first-order chi connectivity index (χ1) is 11.1. The number of amides is 1. The predicted molar refractivity (Wildman–Crippen MR) is 88.0 cm³/mol. The Morgan fingerprint density at radius 3 is 2.17 bits per heavy atom. The van der Waals surface area contributed by atoms with Crippen LogP contribution in [0.2, 0.25) is 0 Å². The monoisotopic (exact) mass is 305 g/mol. The molecule has 0 bridgehead atoms. The summed E-state index contributed by atoms with van der Waals surface area (Å²) in [6.07, 6.45) is 5.24. The van der Waals surface area contributed by atoms with Crippen LogP contribution in [0.15, 0.2) is 67.3 Å². The van der Waals surface area contributed by atoms with E-state index in [1.165, 1.54) is 6.92 Å². The minimum absolute atomic E-state index is 0.00188. The van der Waals surface area contributed by atoms with Gasteiger partial charge in [0.2, 0.25) is 0 Å². The molecule has 3 aromatic rings. The zero-order valence-corrected chi connectivity index (χ0v) is 12.6. The second-order valence-electron chi connectivity index (χ2n) is 5.10. The fourth-order valence-corrected chi connectivity index (χ4v) is 2.19. The molecule has 5 heteroatoms. The minimum atomic E-state index is -0.197. The molecule has 0 fully saturated rings. The molecular weight excluding hydrogens is 290 g/mol. The van der Waals surface area contributed by atoms with Crippen molar-refractivity contribution in [2.24, 2.45) is 0 Å². The van der Waals surface area contributed by atoms with Crippen molar-refractivity contribution in [2.75, 3.05) is 5.32 Å². The number of carbonyl (C=O) groups is 2. The maximum absolute atomic E-state index is 12.2. The van der Waals surface area contributed by atoms with Crippen LogP contribution in [-0.4, -0.2) is 21.2 Å². The number of benzene rings is 2. The van der Waals surface area contributed by atoms with Gasteiger partial charge in [0.25, 0.3) is 5.91 Å². The van der Waals surface area contributed by atoms with Gasteiger partial charge in [-0.3, -0.25) is 9.59 Å². The molecule has 2 aromatic carbocycles. The Labute approximate surface area is 133 Å². The van der Waals surface area contributed by atoms with Gasteiger partial charge in [0.15, 0.2) is 5.78 Å². The van der Waals surface area contributed by atoms with Gasteiger partial charge in [-0.15, -0.1) is 0 Å². The third-order valence-corrected chi connectivity index (χ3v) is 3.48. The van der Waals surface area contributed by atoms with Crippen LogP contribution in [-0.2, 0) is 0 Å². The highest BCUT2D eigenvalue weighted by molar-refractivity contribution is 6.04. The lowest BCUT2D eigenvalue weighted by Gasteiger charge is -2.07. The lowest BCUT2D eigenvalue weighted by Crippen LogP contribution is -2.12. The first-order valence-electron chi connectivity index (χ1n) is 7.14. The van der Waals surface area contributed by atoms with Gasteiger partial charge in [-0.1, -0.05) is 0 Å². The Morgan fingerprint density at radius 2 is 1.61 bits per heavy atom. The van der Waals surface area contributed by atoms with Gasteiger partial charge in [0, 0.05) is 34.9 Å². The van der Waals surface area contributed by atoms with Crippen LogP contribution in [0.3, 0.4) is 0 Å². The number of aromatic nitrogens is 2. The van der Waals surface area contributed by atoms with E-state index in [4.69, 9.17) is 0 Å². The molecule has 0 atom stereocenters. The standard InChI is InChI=1S/C18H15N3O2/c1-13(22)14-2-6-16(7-3-14)20-18(23)15-4-8-17(9-5-15)21-11-10-19-12-21/h2-12H,1H3,(H,20,23). The van der Waals surface area contributed by atoms with Crippen molar-refractivity contribution in [3.8, 4) is 5.69 Å². The van der Waals surface area contributed by atoms with Crippen molar-refractivity contribution < 1.29 is 9.59 Å². The number of nitrogens with zero attached hydrogens (tertiary/aromatic N) is 2. The maximum Gasteiger partial charge on any atom is 0.255 e. The Bertz CT molecular complexity index is 820. The number of anilines is 1.